The van der Waals surface area contributed by atoms with Crippen molar-refractivity contribution in [3.05, 3.63) is 77.5 Å². The topological polar surface area (TPSA) is 108 Å². The van der Waals surface area contributed by atoms with Crippen molar-refractivity contribution in [2.75, 3.05) is 0 Å². The number of carboxylic acids is 2. The van der Waals surface area contributed by atoms with Crippen molar-refractivity contribution in [2.45, 2.75) is 6.61 Å². The largest absolute Gasteiger partial charge is 0.478 e. The van der Waals surface area contributed by atoms with Crippen molar-refractivity contribution < 1.29 is 24.9 Å². The van der Waals surface area contributed by atoms with Gasteiger partial charge in [0.1, 0.15) is 0 Å². The van der Waals surface area contributed by atoms with Gasteiger partial charge in [0.25, 0.3) is 0 Å². The molecule has 3 aromatic rings. The molecule has 6 nitrogen and oxygen atoms in total. The lowest BCUT2D eigenvalue weighted by molar-refractivity contribution is 0.0686. The average molecular weight is 349 g/mol. The third-order valence-electron chi connectivity index (χ3n) is 3.99. The molecule has 130 valence electrons. The number of aliphatic hydroxyl groups excluding tert-OH is 1. The summed E-state index contributed by atoms with van der Waals surface area (Å²) < 4.78 is 0. The highest BCUT2D eigenvalue weighted by Crippen LogP contribution is 2.27. The van der Waals surface area contributed by atoms with Crippen molar-refractivity contribution in [3.63, 3.8) is 0 Å². The number of carboxylic acid groups (broad SMARTS) is 2. The molecule has 6 heteroatoms. The maximum absolute atomic E-state index is 11.0. The Morgan fingerprint density at radius 2 is 1.23 bits per heavy atom. The van der Waals surface area contributed by atoms with Gasteiger partial charge in [-0.15, -0.1) is 0 Å². The van der Waals surface area contributed by atoms with Gasteiger partial charge in [-0.05, 0) is 35.9 Å². The fourth-order valence-corrected chi connectivity index (χ4v) is 2.62. The summed E-state index contributed by atoms with van der Waals surface area (Å²) >= 11 is 0. The minimum absolute atomic E-state index is 0.183. The molecule has 0 amide bonds. The Bertz CT molecular complexity index is 962. The highest BCUT2D eigenvalue weighted by atomic mass is 16.4. The molecule has 0 aliphatic carbocycles. The maximum atomic E-state index is 11.0. The third kappa shape index (κ3) is 3.45. The summed E-state index contributed by atoms with van der Waals surface area (Å²) in [5.41, 5.74) is 3.62. The molecule has 0 radical (unpaired) electrons. The fourth-order valence-electron chi connectivity index (χ4n) is 2.62. The summed E-state index contributed by atoms with van der Waals surface area (Å²) in [6.45, 7) is -0.281. The standard InChI is InChI=1S/C20H15NO5/c22-11-18-16(12-1-5-14(6-2-12)19(23)24)9-10-17(21-18)13-3-7-15(8-4-13)20(25)26/h1-10,22H,11H2,(H,23,24)(H,25,26). The van der Waals surface area contributed by atoms with Crippen LogP contribution < -0.4 is 0 Å². The van der Waals surface area contributed by atoms with E-state index in [1.54, 1.807) is 36.4 Å². The molecule has 0 unspecified atom stereocenters. The molecule has 0 spiro atoms. The van der Waals surface area contributed by atoms with Crippen LogP contribution in [0.3, 0.4) is 0 Å². The number of pyridine rings is 1. The Morgan fingerprint density at radius 3 is 1.69 bits per heavy atom. The Morgan fingerprint density at radius 1 is 0.731 bits per heavy atom. The highest BCUT2D eigenvalue weighted by molar-refractivity contribution is 5.89. The van der Waals surface area contributed by atoms with Crippen LogP contribution in [0.5, 0.6) is 0 Å². The average Bonchev–Trinajstić information content (AvgIpc) is 2.67. The summed E-state index contributed by atoms with van der Waals surface area (Å²) in [5.74, 6) is -2.00. The van der Waals surface area contributed by atoms with Crippen molar-refractivity contribution >= 4 is 11.9 Å². The van der Waals surface area contributed by atoms with Crippen LogP contribution in [0, 0.1) is 0 Å². The van der Waals surface area contributed by atoms with Crippen LogP contribution in [0.4, 0.5) is 0 Å². The number of benzene rings is 2. The molecular formula is C20H15NO5. The Kier molecular flexibility index (Phi) is 4.77. The van der Waals surface area contributed by atoms with Crippen molar-refractivity contribution in [2.24, 2.45) is 0 Å². The van der Waals surface area contributed by atoms with E-state index >= 15 is 0 Å². The minimum atomic E-state index is -1.00. The van der Waals surface area contributed by atoms with Crippen molar-refractivity contribution in [1.29, 1.82) is 0 Å². The van der Waals surface area contributed by atoms with Crippen molar-refractivity contribution in [1.82, 2.24) is 4.98 Å². The number of carbonyl (C=O) groups is 2. The highest BCUT2D eigenvalue weighted by Gasteiger charge is 2.11. The fraction of sp³-hybridized carbons (Fsp3) is 0.0500. The summed E-state index contributed by atoms with van der Waals surface area (Å²) in [6, 6.07) is 16.2. The number of aromatic nitrogens is 1. The number of aromatic carboxylic acids is 2. The Balaban J connectivity index is 1.97. The van der Waals surface area contributed by atoms with Gasteiger partial charge in [-0.1, -0.05) is 30.3 Å². The van der Waals surface area contributed by atoms with Crippen LogP contribution in [0.1, 0.15) is 26.4 Å². The molecule has 26 heavy (non-hydrogen) atoms. The second-order valence-corrected chi connectivity index (χ2v) is 5.61. The quantitative estimate of drug-likeness (QED) is 0.652. The van der Waals surface area contributed by atoms with Crippen LogP contribution in [0.2, 0.25) is 0 Å². The first-order valence-electron chi connectivity index (χ1n) is 7.78. The van der Waals surface area contributed by atoms with Crippen LogP contribution >= 0.6 is 0 Å². The van der Waals surface area contributed by atoms with Gasteiger partial charge in [0, 0.05) is 11.1 Å². The predicted octanol–water partition coefficient (Wildman–Crippen LogP) is 3.30. The molecule has 3 N–H and O–H groups in total. The monoisotopic (exact) mass is 349 g/mol. The van der Waals surface area contributed by atoms with E-state index in [9.17, 15) is 14.7 Å². The lowest BCUT2D eigenvalue weighted by Crippen LogP contribution is -1.99. The summed E-state index contributed by atoms with van der Waals surface area (Å²) in [6.07, 6.45) is 0. The number of rotatable bonds is 5. The molecule has 0 atom stereocenters. The van der Waals surface area contributed by atoms with Gasteiger partial charge in [-0.25, -0.2) is 14.6 Å². The van der Waals surface area contributed by atoms with Gasteiger partial charge < -0.3 is 15.3 Å². The Labute approximate surface area is 149 Å². The van der Waals surface area contributed by atoms with Crippen LogP contribution in [0.15, 0.2) is 60.7 Å². The summed E-state index contributed by atoms with van der Waals surface area (Å²) in [7, 11) is 0. The first-order valence-corrected chi connectivity index (χ1v) is 7.78. The second kappa shape index (κ2) is 7.16. The molecule has 0 aliphatic heterocycles. The first-order chi connectivity index (χ1) is 12.5. The summed E-state index contributed by atoms with van der Waals surface area (Å²) in [5, 5.41) is 27.6. The lowest BCUT2D eigenvalue weighted by Gasteiger charge is -2.10. The van der Waals surface area contributed by atoms with Gasteiger partial charge in [0.05, 0.1) is 29.1 Å². The zero-order valence-electron chi connectivity index (χ0n) is 13.6. The smallest absolute Gasteiger partial charge is 0.335 e. The number of nitrogens with zero attached hydrogens (tertiary/aromatic N) is 1. The molecule has 1 aromatic heterocycles. The van der Waals surface area contributed by atoms with Gasteiger partial charge >= 0.3 is 11.9 Å². The van der Waals surface area contributed by atoms with E-state index in [-0.39, 0.29) is 17.7 Å². The summed E-state index contributed by atoms with van der Waals surface area (Å²) in [4.78, 5) is 26.3. The number of aliphatic hydroxyl groups is 1. The van der Waals surface area contributed by atoms with E-state index in [4.69, 9.17) is 10.2 Å². The second-order valence-electron chi connectivity index (χ2n) is 5.61. The van der Waals surface area contributed by atoms with Crippen LogP contribution in [-0.4, -0.2) is 32.2 Å². The molecule has 3 rings (SSSR count). The minimum Gasteiger partial charge on any atom is -0.478 e. The van der Waals surface area contributed by atoms with E-state index in [0.717, 1.165) is 11.1 Å². The Hall–Kier alpha value is -3.51. The zero-order chi connectivity index (χ0) is 18.7. The molecule has 0 aliphatic rings. The van der Waals surface area contributed by atoms with Gasteiger partial charge in [0.15, 0.2) is 0 Å². The van der Waals surface area contributed by atoms with Gasteiger partial charge in [-0.3, -0.25) is 0 Å². The van der Waals surface area contributed by atoms with E-state index < -0.39 is 11.9 Å². The third-order valence-corrected chi connectivity index (χ3v) is 3.99. The first kappa shape index (κ1) is 17.3. The normalized spacial score (nSPS) is 10.5. The molecule has 0 saturated carbocycles. The molecule has 0 fully saturated rings. The van der Waals surface area contributed by atoms with Gasteiger partial charge in [0.2, 0.25) is 0 Å². The van der Waals surface area contributed by atoms with Crippen LogP contribution in [-0.2, 0) is 6.61 Å². The van der Waals surface area contributed by atoms with E-state index in [1.807, 2.05) is 0 Å². The SMILES string of the molecule is O=C(O)c1ccc(-c2ccc(-c3ccc(C(=O)O)cc3)c(CO)n2)cc1. The predicted molar refractivity (Wildman–Crippen MR) is 95.0 cm³/mol. The van der Waals surface area contributed by atoms with E-state index in [2.05, 4.69) is 4.98 Å². The van der Waals surface area contributed by atoms with E-state index in [1.165, 1.54) is 24.3 Å². The van der Waals surface area contributed by atoms with Crippen LogP contribution in [0.25, 0.3) is 22.4 Å². The maximum Gasteiger partial charge on any atom is 0.335 e. The molecular weight excluding hydrogens is 334 g/mol. The molecule has 1 heterocycles. The zero-order valence-corrected chi connectivity index (χ0v) is 13.6. The lowest BCUT2D eigenvalue weighted by atomic mass is 10.0. The number of hydrogen-bond donors (Lipinski definition) is 3. The van der Waals surface area contributed by atoms with Crippen molar-refractivity contribution in [3.8, 4) is 22.4 Å². The molecule has 0 bridgehead atoms. The molecule has 2 aromatic carbocycles. The van der Waals surface area contributed by atoms with E-state index in [0.29, 0.717) is 17.0 Å². The number of hydrogen-bond acceptors (Lipinski definition) is 4. The molecule has 0 saturated heterocycles. The van der Waals surface area contributed by atoms with Gasteiger partial charge in [-0.2, -0.15) is 0 Å².